The van der Waals surface area contributed by atoms with E-state index in [1.807, 2.05) is 23.6 Å². The fourth-order valence-electron chi connectivity index (χ4n) is 2.11. The molecule has 1 heterocycles. The zero-order valence-electron chi connectivity index (χ0n) is 13.6. The summed E-state index contributed by atoms with van der Waals surface area (Å²) < 4.78 is 0. The van der Waals surface area contributed by atoms with Gasteiger partial charge in [-0.15, -0.1) is 11.3 Å². The Morgan fingerprint density at radius 2 is 1.92 bits per heavy atom. The fraction of sp³-hybridized carbons (Fsp3) is 0.278. The molecule has 0 atom stereocenters. The van der Waals surface area contributed by atoms with E-state index < -0.39 is 0 Å². The first-order valence-corrected chi connectivity index (χ1v) is 8.71. The second-order valence-electron chi connectivity index (χ2n) is 5.38. The smallest absolute Gasteiger partial charge is 0.281 e. The van der Waals surface area contributed by atoms with Crippen LogP contribution in [0.4, 0.5) is 0 Å². The molecule has 0 radical (unpaired) electrons. The highest BCUT2D eigenvalue weighted by atomic mass is 32.1. The Kier molecular flexibility index (Phi) is 7.17. The molecular weight excluding hydrogens is 322 g/mol. The van der Waals surface area contributed by atoms with Gasteiger partial charge in [-0.1, -0.05) is 36.4 Å². The van der Waals surface area contributed by atoms with Gasteiger partial charge in [-0.25, -0.2) is 5.43 Å². The Morgan fingerprint density at radius 1 is 1.12 bits per heavy atom. The van der Waals surface area contributed by atoms with Crippen LogP contribution in [-0.4, -0.2) is 24.1 Å². The minimum absolute atomic E-state index is 0.0883. The van der Waals surface area contributed by atoms with Gasteiger partial charge in [-0.3, -0.25) is 9.59 Å². The molecule has 0 unspecified atom stereocenters. The predicted octanol–water partition coefficient (Wildman–Crippen LogP) is 2.99. The van der Waals surface area contributed by atoms with Crippen LogP contribution >= 0.6 is 11.3 Å². The maximum Gasteiger partial charge on any atom is 0.281 e. The lowest BCUT2D eigenvalue weighted by Gasteiger charge is -2.05. The third-order valence-electron chi connectivity index (χ3n) is 3.32. The van der Waals surface area contributed by atoms with E-state index in [2.05, 4.69) is 28.0 Å². The van der Waals surface area contributed by atoms with Gasteiger partial charge in [0.15, 0.2) is 0 Å². The lowest BCUT2D eigenvalue weighted by molar-refractivity contribution is -0.119. The molecule has 0 aliphatic heterocycles. The summed E-state index contributed by atoms with van der Waals surface area (Å²) >= 11 is 1.35. The number of rotatable bonds is 8. The molecule has 6 heteroatoms. The highest BCUT2D eigenvalue weighted by molar-refractivity contribution is 7.12. The van der Waals surface area contributed by atoms with E-state index in [1.54, 1.807) is 19.1 Å². The number of hydrogen-bond acceptors (Lipinski definition) is 4. The molecule has 126 valence electrons. The summed E-state index contributed by atoms with van der Waals surface area (Å²) in [5.74, 6) is -0.345. The van der Waals surface area contributed by atoms with E-state index in [0.29, 0.717) is 17.1 Å². The zero-order valence-corrected chi connectivity index (χ0v) is 14.4. The summed E-state index contributed by atoms with van der Waals surface area (Å²) in [6.07, 6.45) is 2.00. The minimum atomic E-state index is -0.257. The number of hydrazone groups is 1. The Balaban J connectivity index is 1.64. The maximum atomic E-state index is 11.8. The predicted molar refractivity (Wildman–Crippen MR) is 97.3 cm³/mol. The molecule has 0 fully saturated rings. The van der Waals surface area contributed by atoms with E-state index in [1.165, 1.54) is 16.9 Å². The summed E-state index contributed by atoms with van der Waals surface area (Å²) in [7, 11) is 0. The number of hydrogen-bond donors (Lipinski definition) is 2. The fourth-order valence-corrected chi connectivity index (χ4v) is 2.72. The quantitative estimate of drug-likeness (QED) is 0.439. The van der Waals surface area contributed by atoms with E-state index in [4.69, 9.17) is 0 Å². The van der Waals surface area contributed by atoms with Crippen LogP contribution in [0.1, 0.15) is 35.0 Å². The van der Waals surface area contributed by atoms with Crippen molar-refractivity contribution in [3.63, 3.8) is 0 Å². The van der Waals surface area contributed by atoms with Gasteiger partial charge in [0.05, 0.1) is 11.3 Å². The van der Waals surface area contributed by atoms with Crippen LogP contribution in [-0.2, 0) is 11.2 Å². The van der Waals surface area contributed by atoms with E-state index in [9.17, 15) is 9.59 Å². The molecule has 2 N–H and O–H groups in total. The van der Waals surface area contributed by atoms with Crippen molar-refractivity contribution in [2.75, 3.05) is 6.54 Å². The average Bonchev–Trinajstić information content (AvgIpc) is 3.12. The molecule has 1 aromatic carbocycles. The van der Waals surface area contributed by atoms with Gasteiger partial charge in [0.1, 0.15) is 0 Å². The minimum Gasteiger partial charge on any atom is -0.356 e. The van der Waals surface area contributed by atoms with Crippen LogP contribution in [0.25, 0.3) is 0 Å². The third-order valence-corrected chi connectivity index (χ3v) is 4.19. The SMILES string of the molecule is C/C(CC(=O)NCCCc1ccccc1)=N/NC(=O)c1cccs1. The number of nitrogens with one attached hydrogen (secondary N) is 2. The summed E-state index contributed by atoms with van der Waals surface area (Å²) in [5, 5.41) is 8.66. The van der Waals surface area contributed by atoms with Gasteiger partial charge in [0.2, 0.25) is 5.91 Å². The standard InChI is InChI=1S/C18H21N3O2S/c1-14(20-21-18(23)16-10-6-12-24-16)13-17(22)19-11-5-9-15-7-3-2-4-8-15/h2-4,6-8,10,12H,5,9,11,13H2,1H3,(H,19,22)(H,21,23)/b20-14-. The largest absolute Gasteiger partial charge is 0.356 e. The zero-order chi connectivity index (χ0) is 17.2. The van der Waals surface area contributed by atoms with Crippen molar-refractivity contribution in [1.82, 2.24) is 10.7 Å². The highest BCUT2D eigenvalue weighted by Crippen LogP contribution is 2.07. The van der Waals surface area contributed by atoms with Crippen LogP contribution < -0.4 is 10.7 Å². The molecule has 0 saturated heterocycles. The van der Waals surface area contributed by atoms with Crippen molar-refractivity contribution in [1.29, 1.82) is 0 Å². The molecule has 0 aliphatic rings. The molecule has 24 heavy (non-hydrogen) atoms. The van der Waals surface area contributed by atoms with Crippen molar-refractivity contribution < 1.29 is 9.59 Å². The maximum absolute atomic E-state index is 11.8. The van der Waals surface area contributed by atoms with Gasteiger partial charge in [-0.05, 0) is 36.8 Å². The molecular formula is C18H21N3O2S. The molecule has 2 amide bonds. The number of carbonyl (C=O) groups excluding carboxylic acids is 2. The molecule has 1 aromatic heterocycles. The topological polar surface area (TPSA) is 70.6 Å². The number of carbonyl (C=O) groups is 2. The van der Waals surface area contributed by atoms with Gasteiger partial charge >= 0.3 is 0 Å². The normalized spacial score (nSPS) is 11.1. The van der Waals surface area contributed by atoms with E-state index in [-0.39, 0.29) is 18.2 Å². The molecule has 2 aromatic rings. The van der Waals surface area contributed by atoms with Crippen LogP contribution in [0.3, 0.4) is 0 Å². The van der Waals surface area contributed by atoms with Gasteiger partial charge < -0.3 is 5.32 Å². The second-order valence-corrected chi connectivity index (χ2v) is 6.33. The number of aryl methyl sites for hydroxylation is 1. The summed E-state index contributed by atoms with van der Waals surface area (Å²) in [6, 6.07) is 13.7. The Hall–Kier alpha value is -2.47. The first-order chi connectivity index (χ1) is 11.6. The van der Waals surface area contributed by atoms with Crippen LogP contribution in [0.5, 0.6) is 0 Å². The van der Waals surface area contributed by atoms with E-state index in [0.717, 1.165) is 12.8 Å². The van der Waals surface area contributed by atoms with Crippen LogP contribution in [0.2, 0.25) is 0 Å². The molecule has 0 saturated carbocycles. The van der Waals surface area contributed by atoms with Gasteiger partial charge in [0.25, 0.3) is 5.91 Å². The third kappa shape index (κ3) is 6.34. The highest BCUT2D eigenvalue weighted by Gasteiger charge is 2.07. The molecule has 5 nitrogen and oxygen atoms in total. The van der Waals surface area contributed by atoms with Crippen molar-refractivity contribution in [3.05, 3.63) is 58.3 Å². The van der Waals surface area contributed by atoms with Crippen molar-refractivity contribution in [2.45, 2.75) is 26.2 Å². The Morgan fingerprint density at radius 3 is 2.62 bits per heavy atom. The first kappa shape index (κ1) is 17.9. The van der Waals surface area contributed by atoms with Crippen molar-refractivity contribution in [2.24, 2.45) is 5.10 Å². The van der Waals surface area contributed by atoms with Crippen molar-refractivity contribution in [3.8, 4) is 0 Å². The Labute approximate surface area is 145 Å². The molecule has 2 rings (SSSR count). The van der Waals surface area contributed by atoms with Crippen LogP contribution in [0, 0.1) is 0 Å². The summed E-state index contributed by atoms with van der Waals surface area (Å²) in [5.41, 5.74) is 4.29. The number of amides is 2. The first-order valence-electron chi connectivity index (χ1n) is 7.83. The lowest BCUT2D eigenvalue weighted by atomic mass is 10.1. The lowest BCUT2D eigenvalue weighted by Crippen LogP contribution is -2.27. The van der Waals surface area contributed by atoms with Crippen molar-refractivity contribution >= 4 is 28.9 Å². The van der Waals surface area contributed by atoms with E-state index >= 15 is 0 Å². The summed E-state index contributed by atoms with van der Waals surface area (Å²) in [4.78, 5) is 24.2. The molecule has 0 bridgehead atoms. The summed E-state index contributed by atoms with van der Waals surface area (Å²) in [6.45, 7) is 2.35. The molecule has 0 aliphatic carbocycles. The Bertz CT molecular complexity index is 682. The molecule has 0 spiro atoms. The second kappa shape index (κ2) is 9.62. The number of nitrogens with zero attached hydrogens (tertiary/aromatic N) is 1. The monoisotopic (exact) mass is 343 g/mol. The van der Waals surface area contributed by atoms with Gasteiger partial charge in [-0.2, -0.15) is 5.10 Å². The van der Waals surface area contributed by atoms with Gasteiger partial charge in [0, 0.05) is 12.3 Å². The number of thiophene rings is 1. The van der Waals surface area contributed by atoms with Crippen LogP contribution in [0.15, 0.2) is 52.9 Å². The number of benzene rings is 1. The average molecular weight is 343 g/mol.